The number of anilines is 1. The lowest BCUT2D eigenvalue weighted by molar-refractivity contribution is 0.255. The monoisotopic (exact) mass is 285 g/mol. The van der Waals surface area contributed by atoms with E-state index in [0.29, 0.717) is 5.92 Å². The zero-order valence-electron chi connectivity index (χ0n) is 12.8. The van der Waals surface area contributed by atoms with Crippen LogP contribution < -0.4 is 10.5 Å². The second-order valence-electron chi connectivity index (χ2n) is 5.57. The Labute approximate surface area is 125 Å². The second kappa shape index (κ2) is 5.80. The number of rotatable bonds is 4. The Balaban J connectivity index is 1.91. The minimum Gasteiger partial charge on any atom is -0.493 e. The molecule has 3 rings (SSSR count). The van der Waals surface area contributed by atoms with Crippen LogP contribution in [0.1, 0.15) is 43.1 Å². The van der Waals surface area contributed by atoms with Crippen LogP contribution in [-0.2, 0) is 19.4 Å². The third kappa shape index (κ3) is 2.50. The number of ether oxygens (including phenoxy) is 1. The van der Waals surface area contributed by atoms with Gasteiger partial charge in [-0.2, -0.15) is 5.10 Å². The number of hydrogen-bond donors (Lipinski definition) is 1. The molecule has 0 radical (unpaired) electrons. The molecule has 4 nitrogen and oxygen atoms in total. The highest BCUT2D eigenvalue weighted by molar-refractivity contribution is 5.48. The van der Waals surface area contributed by atoms with E-state index in [4.69, 9.17) is 15.6 Å². The topological polar surface area (TPSA) is 53.1 Å². The minimum absolute atomic E-state index is 0.448. The molecule has 0 saturated carbocycles. The fourth-order valence-corrected chi connectivity index (χ4v) is 3.16. The first kappa shape index (κ1) is 14.0. The van der Waals surface area contributed by atoms with Crippen molar-refractivity contribution in [2.24, 2.45) is 0 Å². The Kier molecular flexibility index (Phi) is 3.86. The van der Waals surface area contributed by atoms with Gasteiger partial charge in [-0.1, -0.05) is 32.0 Å². The van der Waals surface area contributed by atoms with Gasteiger partial charge in [-0.25, -0.2) is 0 Å². The molecular weight excluding hydrogens is 262 g/mol. The molecule has 1 unspecified atom stereocenters. The van der Waals surface area contributed by atoms with Gasteiger partial charge in [0.1, 0.15) is 5.75 Å². The number of nitrogen functional groups attached to an aromatic ring is 1. The molecule has 1 aromatic carbocycles. The molecule has 1 aromatic heterocycles. The molecule has 1 aliphatic rings. The molecule has 4 heteroatoms. The second-order valence-corrected chi connectivity index (χ2v) is 5.57. The molecule has 0 bridgehead atoms. The van der Waals surface area contributed by atoms with Crippen LogP contribution in [0.4, 0.5) is 5.69 Å². The maximum absolute atomic E-state index is 6.22. The standard InChI is InChI=1S/C17H23N3O/c1-3-14-17(18)15(4-2)20(19-14)11-12-9-10-21-16-8-6-5-7-13(12)16/h5-8,12H,3-4,9-11,18H2,1-2H3. The van der Waals surface area contributed by atoms with Crippen LogP contribution in [0.5, 0.6) is 5.75 Å². The fraction of sp³-hybridized carbons (Fsp3) is 0.471. The molecule has 1 aliphatic heterocycles. The Morgan fingerprint density at radius 1 is 1.29 bits per heavy atom. The average Bonchev–Trinajstić information content (AvgIpc) is 2.82. The van der Waals surface area contributed by atoms with Gasteiger partial charge in [-0.3, -0.25) is 4.68 Å². The van der Waals surface area contributed by atoms with Crippen LogP contribution in [0, 0.1) is 0 Å². The summed E-state index contributed by atoms with van der Waals surface area (Å²) in [6, 6.07) is 8.32. The van der Waals surface area contributed by atoms with E-state index < -0.39 is 0 Å². The van der Waals surface area contributed by atoms with E-state index in [1.807, 2.05) is 6.07 Å². The number of benzene rings is 1. The summed E-state index contributed by atoms with van der Waals surface area (Å²) in [4.78, 5) is 0. The predicted molar refractivity (Wildman–Crippen MR) is 84.7 cm³/mol. The number of para-hydroxylation sites is 1. The lowest BCUT2D eigenvalue weighted by atomic mass is 9.93. The summed E-state index contributed by atoms with van der Waals surface area (Å²) in [5.41, 5.74) is 10.6. The third-order valence-corrected chi connectivity index (χ3v) is 4.32. The molecule has 0 fully saturated rings. The number of aromatic nitrogens is 2. The van der Waals surface area contributed by atoms with E-state index >= 15 is 0 Å². The molecule has 0 spiro atoms. The van der Waals surface area contributed by atoms with Gasteiger partial charge < -0.3 is 10.5 Å². The van der Waals surface area contributed by atoms with Gasteiger partial charge >= 0.3 is 0 Å². The Morgan fingerprint density at radius 3 is 2.86 bits per heavy atom. The van der Waals surface area contributed by atoms with Crippen molar-refractivity contribution in [1.29, 1.82) is 0 Å². The van der Waals surface area contributed by atoms with Crippen molar-refractivity contribution in [2.45, 2.75) is 45.6 Å². The van der Waals surface area contributed by atoms with Gasteiger partial charge in [0.05, 0.1) is 23.7 Å². The van der Waals surface area contributed by atoms with Crippen molar-refractivity contribution in [3.63, 3.8) is 0 Å². The summed E-state index contributed by atoms with van der Waals surface area (Å²) in [7, 11) is 0. The SMILES string of the molecule is CCc1nn(CC2CCOc3ccccc32)c(CC)c1N. The van der Waals surface area contributed by atoms with Crippen LogP contribution in [0.15, 0.2) is 24.3 Å². The Bertz CT molecular complexity index is 633. The molecular formula is C17H23N3O. The van der Waals surface area contributed by atoms with E-state index in [-0.39, 0.29) is 0 Å². The quantitative estimate of drug-likeness (QED) is 0.938. The third-order valence-electron chi connectivity index (χ3n) is 4.32. The maximum atomic E-state index is 6.22. The Morgan fingerprint density at radius 2 is 2.10 bits per heavy atom. The lowest BCUT2D eigenvalue weighted by Gasteiger charge is -2.26. The number of hydrogen-bond acceptors (Lipinski definition) is 3. The van der Waals surface area contributed by atoms with E-state index in [1.54, 1.807) is 0 Å². The van der Waals surface area contributed by atoms with Gasteiger partial charge in [0.2, 0.25) is 0 Å². The number of nitrogens with zero attached hydrogens (tertiary/aromatic N) is 2. The normalized spacial score (nSPS) is 17.3. The van der Waals surface area contributed by atoms with E-state index in [9.17, 15) is 0 Å². The maximum Gasteiger partial charge on any atom is 0.122 e. The average molecular weight is 285 g/mol. The first-order valence-electron chi connectivity index (χ1n) is 7.80. The molecule has 2 heterocycles. The predicted octanol–water partition coefficient (Wildman–Crippen LogP) is 3.16. The van der Waals surface area contributed by atoms with Gasteiger partial charge in [-0.05, 0) is 30.9 Å². The zero-order valence-corrected chi connectivity index (χ0v) is 12.8. The van der Waals surface area contributed by atoms with Gasteiger partial charge in [0, 0.05) is 12.5 Å². The summed E-state index contributed by atoms with van der Waals surface area (Å²) in [5, 5.41) is 4.72. The van der Waals surface area contributed by atoms with Crippen LogP contribution in [0.25, 0.3) is 0 Å². The van der Waals surface area contributed by atoms with E-state index in [0.717, 1.165) is 55.2 Å². The summed E-state index contributed by atoms with van der Waals surface area (Å²) >= 11 is 0. The molecule has 21 heavy (non-hydrogen) atoms. The van der Waals surface area contributed by atoms with Crippen LogP contribution in [0.3, 0.4) is 0 Å². The summed E-state index contributed by atoms with van der Waals surface area (Å²) < 4.78 is 7.86. The highest BCUT2D eigenvalue weighted by Crippen LogP contribution is 2.35. The Hall–Kier alpha value is -1.97. The first-order valence-corrected chi connectivity index (χ1v) is 7.80. The van der Waals surface area contributed by atoms with Crippen molar-refractivity contribution in [2.75, 3.05) is 12.3 Å². The van der Waals surface area contributed by atoms with Crippen LogP contribution in [0.2, 0.25) is 0 Å². The highest BCUT2D eigenvalue weighted by atomic mass is 16.5. The van der Waals surface area contributed by atoms with Crippen molar-refractivity contribution in [3.8, 4) is 5.75 Å². The largest absolute Gasteiger partial charge is 0.493 e. The summed E-state index contributed by atoms with van der Waals surface area (Å²) in [6.45, 7) is 5.90. The highest BCUT2D eigenvalue weighted by Gasteiger charge is 2.23. The number of aryl methyl sites for hydroxylation is 1. The van der Waals surface area contributed by atoms with Crippen molar-refractivity contribution in [1.82, 2.24) is 9.78 Å². The van der Waals surface area contributed by atoms with Gasteiger partial charge in [0.25, 0.3) is 0 Å². The molecule has 0 saturated heterocycles. The van der Waals surface area contributed by atoms with Crippen molar-refractivity contribution >= 4 is 5.69 Å². The number of nitrogens with two attached hydrogens (primary N) is 1. The van der Waals surface area contributed by atoms with Gasteiger partial charge in [-0.15, -0.1) is 0 Å². The summed E-state index contributed by atoms with van der Waals surface area (Å²) in [5.74, 6) is 1.46. The molecule has 0 aliphatic carbocycles. The number of fused-ring (bicyclic) bond motifs is 1. The molecule has 0 amide bonds. The van der Waals surface area contributed by atoms with E-state index in [2.05, 4.69) is 36.7 Å². The lowest BCUT2D eigenvalue weighted by Crippen LogP contribution is -2.20. The van der Waals surface area contributed by atoms with Gasteiger partial charge in [0.15, 0.2) is 0 Å². The molecule has 2 N–H and O–H groups in total. The van der Waals surface area contributed by atoms with Crippen molar-refractivity contribution < 1.29 is 4.74 Å². The molecule has 1 atom stereocenters. The van der Waals surface area contributed by atoms with E-state index in [1.165, 1.54) is 5.56 Å². The summed E-state index contributed by atoms with van der Waals surface area (Å²) in [6.07, 6.45) is 2.83. The van der Waals surface area contributed by atoms with Crippen LogP contribution >= 0.6 is 0 Å². The van der Waals surface area contributed by atoms with Crippen LogP contribution in [-0.4, -0.2) is 16.4 Å². The molecule has 2 aromatic rings. The fourth-order valence-electron chi connectivity index (χ4n) is 3.16. The van der Waals surface area contributed by atoms with Crippen molar-refractivity contribution in [3.05, 3.63) is 41.2 Å². The molecule has 112 valence electrons. The first-order chi connectivity index (χ1) is 10.2. The minimum atomic E-state index is 0.448. The zero-order chi connectivity index (χ0) is 14.8. The smallest absolute Gasteiger partial charge is 0.122 e.